The van der Waals surface area contributed by atoms with Crippen LogP contribution in [-0.4, -0.2) is 73.6 Å². The first-order valence-electron chi connectivity index (χ1n) is 10.0. The number of hydrogen-bond donors (Lipinski definition) is 3. The number of carbonyl (C=O) groups excluding carboxylic acids is 1. The first kappa shape index (κ1) is 24.3. The lowest BCUT2D eigenvalue weighted by molar-refractivity contribution is -0.121. The topological polar surface area (TPSA) is 82.0 Å². The second-order valence-electron chi connectivity index (χ2n) is 6.48. The minimum absolute atomic E-state index is 0.0782. The fourth-order valence-electron chi connectivity index (χ4n) is 2.68. The number of nitrogens with zero attached hydrogens (tertiary/aromatic N) is 1. The Morgan fingerprint density at radius 2 is 1.48 bits per heavy atom. The number of nitrogens with one attached hydrogen (secondary N) is 1. The number of hydrogen-bond acceptors (Lipinski definition) is 5. The van der Waals surface area contributed by atoms with Crippen LogP contribution in [0.25, 0.3) is 0 Å². The van der Waals surface area contributed by atoms with Crippen LogP contribution in [0.4, 0.5) is 0 Å². The molecule has 25 heavy (non-hydrogen) atoms. The van der Waals surface area contributed by atoms with Gasteiger partial charge >= 0.3 is 0 Å². The number of aliphatic hydroxyl groups is 2. The second kappa shape index (κ2) is 19.6. The smallest absolute Gasteiger partial charge is 0.220 e. The van der Waals surface area contributed by atoms with Crippen molar-refractivity contribution in [2.45, 2.75) is 64.7 Å². The largest absolute Gasteiger partial charge is 0.395 e. The van der Waals surface area contributed by atoms with Crippen molar-refractivity contribution in [2.75, 3.05) is 52.6 Å². The number of ether oxygens (including phenoxy) is 1. The lowest BCUT2D eigenvalue weighted by Gasteiger charge is -2.19. The predicted molar refractivity (Wildman–Crippen MR) is 102 cm³/mol. The maximum atomic E-state index is 11.7. The van der Waals surface area contributed by atoms with Crippen molar-refractivity contribution >= 4 is 5.91 Å². The molecule has 0 bridgehead atoms. The molecule has 0 fully saturated rings. The minimum atomic E-state index is 0.0782. The van der Waals surface area contributed by atoms with Crippen LogP contribution in [0.2, 0.25) is 0 Å². The summed E-state index contributed by atoms with van der Waals surface area (Å²) < 4.78 is 5.48. The Kier molecular flexibility index (Phi) is 19.1. The van der Waals surface area contributed by atoms with Crippen molar-refractivity contribution in [1.29, 1.82) is 0 Å². The van der Waals surface area contributed by atoms with Crippen LogP contribution in [0.3, 0.4) is 0 Å². The van der Waals surface area contributed by atoms with Crippen LogP contribution in [0.1, 0.15) is 64.7 Å². The summed E-state index contributed by atoms with van der Waals surface area (Å²) in [7, 11) is 0. The molecule has 0 aliphatic carbocycles. The van der Waals surface area contributed by atoms with Crippen molar-refractivity contribution in [3.63, 3.8) is 0 Å². The molecule has 0 aromatic rings. The Morgan fingerprint density at radius 1 is 0.880 bits per heavy atom. The van der Waals surface area contributed by atoms with Gasteiger partial charge in [-0.05, 0) is 6.42 Å². The van der Waals surface area contributed by atoms with Crippen molar-refractivity contribution in [3.8, 4) is 0 Å². The van der Waals surface area contributed by atoms with Crippen molar-refractivity contribution < 1.29 is 19.7 Å². The maximum absolute atomic E-state index is 11.7. The van der Waals surface area contributed by atoms with Gasteiger partial charge < -0.3 is 20.3 Å². The molecule has 1 amide bonds. The van der Waals surface area contributed by atoms with Crippen molar-refractivity contribution in [1.82, 2.24) is 10.2 Å². The maximum Gasteiger partial charge on any atom is 0.220 e. The molecule has 0 aromatic heterocycles. The number of carbonyl (C=O) groups is 1. The Labute approximate surface area is 153 Å². The highest BCUT2D eigenvalue weighted by atomic mass is 16.5. The molecule has 0 spiro atoms. The Hall–Kier alpha value is -0.690. The average Bonchev–Trinajstić information content (AvgIpc) is 2.60. The molecule has 0 aromatic carbocycles. The molecular formula is C19H40N2O4. The molecule has 0 radical (unpaired) electrons. The van der Waals surface area contributed by atoms with Gasteiger partial charge in [0.15, 0.2) is 0 Å². The van der Waals surface area contributed by atoms with Crippen molar-refractivity contribution in [2.24, 2.45) is 0 Å². The molecule has 150 valence electrons. The van der Waals surface area contributed by atoms with Crippen LogP contribution < -0.4 is 5.32 Å². The number of amides is 1. The van der Waals surface area contributed by atoms with Crippen molar-refractivity contribution in [3.05, 3.63) is 0 Å². The zero-order chi connectivity index (χ0) is 18.6. The van der Waals surface area contributed by atoms with Gasteiger partial charge in [-0.15, -0.1) is 0 Å². The van der Waals surface area contributed by atoms with E-state index in [1.165, 1.54) is 38.5 Å². The molecule has 0 aliphatic heterocycles. The lowest BCUT2D eigenvalue weighted by atomic mass is 10.1. The monoisotopic (exact) mass is 360 g/mol. The molecule has 0 aliphatic rings. The van der Waals surface area contributed by atoms with Crippen LogP contribution in [0.5, 0.6) is 0 Å². The number of aliphatic hydroxyl groups excluding tert-OH is 2. The molecular weight excluding hydrogens is 320 g/mol. The molecule has 3 N–H and O–H groups in total. The second-order valence-corrected chi connectivity index (χ2v) is 6.48. The highest BCUT2D eigenvalue weighted by Gasteiger charge is 2.03. The first-order valence-corrected chi connectivity index (χ1v) is 10.0. The number of rotatable bonds is 19. The van der Waals surface area contributed by atoms with Gasteiger partial charge in [-0.1, -0.05) is 51.9 Å². The highest BCUT2D eigenvalue weighted by Crippen LogP contribution is 2.09. The van der Waals surface area contributed by atoms with E-state index >= 15 is 0 Å². The summed E-state index contributed by atoms with van der Waals surface area (Å²) in [5.74, 6) is 0.108. The van der Waals surface area contributed by atoms with Gasteiger partial charge in [0, 0.05) is 32.6 Å². The summed E-state index contributed by atoms with van der Waals surface area (Å²) in [5.41, 5.74) is 0. The lowest BCUT2D eigenvalue weighted by Crippen LogP contribution is -2.33. The van der Waals surface area contributed by atoms with E-state index in [2.05, 4.69) is 12.2 Å². The van der Waals surface area contributed by atoms with Crippen LogP contribution >= 0.6 is 0 Å². The van der Waals surface area contributed by atoms with Gasteiger partial charge in [0.1, 0.15) is 0 Å². The molecule has 0 atom stereocenters. The molecule has 6 heteroatoms. The van der Waals surface area contributed by atoms with Gasteiger partial charge in [-0.25, -0.2) is 0 Å². The predicted octanol–water partition coefficient (Wildman–Crippen LogP) is 1.94. The molecule has 0 heterocycles. The number of unbranched alkanes of at least 4 members (excludes halogenated alkanes) is 7. The van der Waals surface area contributed by atoms with Crippen LogP contribution in [-0.2, 0) is 9.53 Å². The van der Waals surface area contributed by atoms with Crippen LogP contribution in [0, 0.1) is 0 Å². The summed E-state index contributed by atoms with van der Waals surface area (Å²) in [6.45, 7) is 5.71. The van der Waals surface area contributed by atoms with E-state index in [4.69, 9.17) is 14.9 Å². The van der Waals surface area contributed by atoms with Gasteiger partial charge in [0.05, 0.1) is 26.4 Å². The molecule has 0 unspecified atom stereocenters. The summed E-state index contributed by atoms with van der Waals surface area (Å²) in [6.07, 6.45) is 10.5. The molecule has 0 saturated heterocycles. The quantitative estimate of drug-likeness (QED) is 0.307. The Morgan fingerprint density at radius 3 is 2.08 bits per heavy atom. The third kappa shape index (κ3) is 17.9. The SMILES string of the molecule is CCCCCCCCCCC(=O)NCCOCCN(CCO)CCO. The molecule has 0 saturated carbocycles. The van der Waals surface area contributed by atoms with E-state index in [0.717, 1.165) is 12.8 Å². The van der Waals surface area contributed by atoms with E-state index in [9.17, 15) is 4.79 Å². The average molecular weight is 361 g/mol. The summed E-state index contributed by atoms with van der Waals surface area (Å²) in [4.78, 5) is 13.6. The Balaban J connectivity index is 3.35. The summed E-state index contributed by atoms with van der Waals surface area (Å²) >= 11 is 0. The molecule has 6 nitrogen and oxygen atoms in total. The summed E-state index contributed by atoms with van der Waals surface area (Å²) in [6, 6.07) is 0. The van der Waals surface area contributed by atoms with E-state index in [1.54, 1.807) is 0 Å². The van der Waals surface area contributed by atoms with Gasteiger partial charge in [0.2, 0.25) is 5.91 Å². The Bertz CT molecular complexity index is 285. The summed E-state index contributed by atoms with van der Waals surface area (Å²) in [5, 5.41) is 20.7. The fourth-order valence-corrected chi connectivity index (χ4v) is 2.68. The normalized spacial score (nSPS) is 11.2. The van der Waals surface area contributed by atoms with E-state index in [-0.39, 0.29) is 19.1 Å². The third-order valence-corrected chi connectivity index (χ3v) is 4.21. The molecule has 0 rings (SSSR count). The first-order chi connectivity index (χ1) is 12.2. The van der Waals surface area contributed by atoms with Gasteiger partial charge in [-0.2, -0.15) is 0 Å². The van der Waals surface area contributed by atoms with Crippen LogP contribution in [0.15, 0.2) is 0 Å². The zero-order valence-electron chi connectivity index (χ0n) is 16.2. The third-order valence-electron chi connectivity index (χ3n) is 4.21. The van der Waals surface area contributed by atoms with E-state index < -0.39 is 0 Å². The zero-order valence-corrected chi connectivity index (χ0v) is 16.2. The van der Waals surface area contributed by atoms with Gasteiger partial charge in [0.25, 0.3) is 0 Å². The van der Waals surface area contributed by atoms with E-state index in [1.807, 2.05) is 4.90 Å². The fraction of sp³-hybridized carbons (Fsp3) is 0.947. The van der Waals surface area contributed by atoms with E-state index in [0.29, 0.717) is 45.8 Å². The van der Waals surface area contributed by atoms with Gasteiger partial charge in [-0.3, -0.25) is 9.69 Å². The minimum Gasteiger partial charge on any atom is -0.395 e. The standard InChI is InChI=1S/C19H40N2O4/c1-2-3-4-5-6-7-8-9-10-19(24)20-11-17-25-18-14-21(12-15-22)13-16-23/h22-23H,2-18H2,1H3,(H,20,24). The highest BCUT2D eigenvalue weighted by molar-refractivity contribution is 5.75.